The topological polar surface area (TPSA) is 66.8 Å². The fourth-order valence-corrected chi connectivity index (χ4v) is 2.57. The molecule has 0 bridgehead atoms. The van der Waals surface area contributed by atoms with Crippen LogP contribution in [0.25, 0.3) is 0 Å². The largest absolute Gasteiger partial charge is 0.493 e. The minimum atomic E-state index is -0.319. The lowest BCUT2D eigenvalue weighted by atomic mass is 10.0. The molecule has 0 spiro atoms. The molecular formula is C15H21N3O3. The molecular weight excluding hydrogens is 270 g/mol. The highest BCUT2D eigenvalue weighted by Crippen LogP contribution is 2.40. The number of nitrogens with one attached hydrogen (secondary N) is 1. The van der Waals surface area contributed by atoms with Crippen LogP contribution in [-0.2, 0) is 0 Å². The van der Waals surface area contributed by atoms with Crippen molar-refractivity contribution in [3.8, 4) is 23.3 Å². The van der Waals surface area contributed by atoms with Crippen molar-refractivity contribution in [2.45, 2.75) is 6.04 Å². The molecule has 1 aliphatic heterocycles. The first-order valence-electron chi connectivity index (χ1n) is 6.89. The van der Waals surface area contributed by atoms with Crippen LogP contribution in [0.15, 0.2) is 12.1 Å². The van der Waals surface area contributed by atoms with E-state index in [4.69, 9.17) is 14.2 Å². The van der Waals surface area contributed by atoms with E-state index in [2.05, 4.69) is 16.3 Å². The lowest BCUT2D eigenvalue weighted by molar-refractivity contribution is 0.206. The third-order valence-corrected chi connectivity index (χ3v) is 3.64. The second kappa shape index (κ2) is 7.16. The van der Waals surface area contributed by atoms with Crippen molar-refractivity contribution < 1.29 is 14.2 Å². The van der Waals surface area contributed by atoms with Crippen LogP contribution < -0.4 is 19.5 Å². The maximum absolute atomic E-state index is 9.56. The summed E-state index contributed by atoms with van der Waals surface area (Å²) in [6.45, 7) is 3.47. The summed E-state index contributed by atoms with van der Waals surface area (Å²) in [6, 6.07) is 5.74. The third kappa shape index (κ3) is 3.20. The number of hydrogen-bond acceptors (Lipinski definition) is 6. The van der Waals surface area contributed by atoms with Gasteiger partial charge in [-0.2, -0.15) is 5.26 Å². The molecule has 1 heterocycles. The van der Waals surface area contributed by atoms with E-state index in [1.807, 2.05) is 12.1 Å². The van der Waals surface area contributed by atoms with Crippen LogP contribution in [0, 0.1) is 11.3 Å². The van der Waals surface area contributed by atoms with Gasteiger partial charge < -0.3 is 19.5 Å². The van der Waals surface area contributed by atoms with Gasteiger partial charge in [0.25, 0.3) is 0 Å². The van der Waals surface area contributed by atoms with Crippen molar-refractivity contribution >= 4 is 0 Å². The molecule has 21 heavy (non-hydrogen) atoms. The molecule has 6 nitrogen and oxygen atoms in total. The van der Waals surface area contributed by atoms with Crippen molar-refractivity contribution in [2.75, 3.05) is 47.5 Å². The summed E-state index contributed by atoms with van der Waals surface area (Å²) in [7, 11) is 4.72. The van der Waals surface area contributed by atoms with E-state index in [0.29, 0.717) is 17.2 Å². The van der Waals surface area contributed by atoms with E-state index in [0.717, 1.165) is 31.7 Å². The van der Waals surface area contributed by atoms with Crippen LogP contribution >= 0.6 is 0 Å². The van der Waals surface area contributed by atoms with Crippen LogP contribution in [0.2, 0.25) is 0 Å². The maximum atomic E-state index is 9.56. The zero-order valence-electron chi connectivity index (χ0n) is 12.7. The number of piperazine rings is 1. The average Bonchev–Trinajstić information content (AvgIpc) is 2.55. The zero-order chi connectivity index (χ0) is 15.2. The Morgan fingerprint density at radius 3 is 2.10 bits per heavy atom. The number of rotatable bonds is 5. The van der Waals surface area contributed by atoms with E-state index >= 15 is 0 Å². The predicted molar refractivity (Wildman–Crippen MR) is 78.9 cm³/mol. The molecule has 1 atom stereocenters. The minimum absolute atomic E-state index is 0.319. The highest BCUT2D eigenvalue weighted by Gasteiger charge is 2.24. The molecule has 2 rings (SSSR count). The molecule has 1 aliphatic rings. The van der Waals surface area contributed by atoms with Crippen molar-refractivity contribution in [3.05, 3.63) is 17.7 Å². The second-order valence-electron chi connectivity index (χ2n) is 4.78. The molecule has 0 aromatic heterocycles. The number of nitriles is 1. The Balaban J connectivity index is 2.39. The lowest BCUT2D eigenvalue weighted by Crippen LogP contribution is -2.44. The van der Waals surface area contributed by atoms with E-state index in [-0.39, 0.29) is 6.04 Å². The normalized spacial score (nSPS) is 16.9. The molecule has 1 unspecified atom stereocenters. The van der Waals surface area contributed by atoms with E-state index < -0.39 is 0 Å². The standard InChI is InChI=1S/C15H21N3O3/c1-19-13-8-11(9-14(20-2)15(13)21-3)12(10-16)18-6-4-17-5-7-18/h8-9,12,17H,4-7H2,1-3H3. The van der Waals surface area contributed by atoms with E-state index in [1.54, 1.807) is 21.3 Å². The Morgan fingerprint density at radius 1 is 1.10 bits per heavy atom. The fraction of sp³-hybridized carbons (Fsp3) is 0.533. The van der Waals surface area contributed by atoms with Crippen molar-refractivity contribution in [3.63, 3.8) is 0 Å². The van der Waals surface area contributed by atoms with Gasteiger partial charge in [-0.25, -0.2) is 0 Å². The minimum Gasteiger partial charge on any atom is -0.493 e. The molecule has 0 saturated carbocycles. The van der Waals surface area contributed by atoms with Gasteiger partial charge in [-0.1, -0.05) is 0 Å². The van der Waals surface area contributed by atoms with Crippen LogP contribution in [0.4, 0.5) is 0 Å². The van der Waals surface area contributed by atoms with Crippen LogP contribution in [-0.4, -0.2) is 52.4 Å². The maximum Gasteiger partial charge on any atom is 0.203 e. The van der Waals surface area contributed by atoms with Gasteiger partial charge in [-0.15, -0.1) is 0 Å². The van der Waals surface area contributed by atoms with Crippen molar-refractivity contribution in [1.82, 2.24) is 10.2 Å². The summed E-state index contributed by atoms with van der Waals surface area (Å²) < 4.78 is 16.0. The molecule has 0 amide bonds. The number of ether oxygens (including phenoxy) is 3. The molecule has 1 fully saturated rings. The van der Waals surface area contributed by atoms with Gasteiger partial charge in [0.2, 0.25) is 5.75 Å². The number of benzene rings is 1. The molecule has 0 radical (unpaired) electrons. The van der Waals surface area contributed by atoms with Crippen molar-refractivity contribution in [2.24, 2.45) is 0 Å². The first-order valence-corrected chi connectivity index (χ1v) is 6.89. The summed E-state index contributed by atoms with van der Waals surface area (Å²) >= 11 is 0. The Bertz CT molecular complexity index is 496. The first-order chi connectivity index (χ1) is 10.2. The summed E-state index contributed by atoms with van der Waals surface area (Å²) in [5.74, 6) is 1.69. The molecule has 1 aromatic rings. The Labute approximate surface area is 125 Å². The second-order valence-corrected chi connectivity index (χ2v) is 4.78. The SMILES string of the molecule is COc1cc(C(C#N)N2CCNCC2)cc(OC)c1OC. The molecule has 1 saturated heterocycles. The molecule has 114 valence electrons. The Kier molecular flexibility index (Phi) is 5.26. The highest BCUT2D eigenvalue weighted by molar-refractivity contribution is 5.55. The van der Waals surface area contributed by atoms with Crippen LogP contribution in [0.1, 0.15) is 11.6 Å². The van der Waals surface area contributed by atoms with Gasteiger partial charge in [0.15, 0.2) is 11.5 Å². The first kappa shape index (κ1) is 15.4. The van der Waals surface area contributed by atoms with Gasteiger partial charge >= 0.3 is 0 Å². The molecule has 1 N–H and O–H groups in total. The summed E-state index contributed by atoms with van der Waals surface area (Å²) in [5, 5.41) is 12.8. The average molecular weight is 291 g/mol. The Morgan fingerprint density at radius 2 is 1.67 bits per heavy atom. The van der Waals surface area contributed by atoms with Crippen LogP contribution in [0.3, 0.4) is 0 Å². The van der Waals surface area contributed by atoms with Gasteiger partial charge in [0.1, 0.15) is 6.04 Å². The number of nitrogens with zero attached hydrogens (tertiary/aromatic N) is 2. The van der Waals surface area contributed by atoms with Gasteiger partial charge in [0, 0.05) is 26.2 Å². The smallest absolute Gasteiger partial charge is 0.203 e. The fourth-order valence-electron chi connectivity index (χ4n) is 2.57. The predicted octanol–water partition coefficient (Wildman–Crippen LogP) is 1.18. The van der Waals surface area contributed by atoms with Gasteiger partial charge in [-0.3, -0.25) is 4.90 Å². The molecule has 1 aromatic carbocycles. The molecule has 0 aliphatic carbocycles. The van der Waals surface area contributed by atoms with Gasteiger partial charge in [-0.05, 0) is 17.7 Å². The van der Waals surface area contributed by atoms with Gasteiger partial charge in [0.05, 0.1) is 27.4 Å². The zero-order valence-corrected chi connectivity index (χ0v) is 12.7. The summed E-state index contributed by atoms with van der Waals surface area (Å²) in [5.41, 5.74) is 0.855. The summed E-state index contributed by atoms with van der Waals surface area (Å²) in [6.07, 6.45) is 0. The third-order valence-electron chi connectivity index (χ3n) is 3.64. The lowest BCUT2D eigenvalue weighted by Gasteiger charge is -2.31. The monoisotopic (exact) mass is 291 g/mol. The summed E-state index contributed by atoms with van der Waals surface area (Å²) in [4.78, 5) is 2.15. The quantitative estimate of drug-likeness (QED) is 0.879. The van der Waals surface area contributed by atoms with E-state index in [9.17, 15) is 5.26 Å². The highest BCUT2D eigenvalue weighted by atomic mass is 16.5. The van der Waals surface area contributed by atoms with Crippen LogP contribution in [0.5, 0.6) is 17.2 Å². The van der Waals surface area contributed by atoms with Crippen molar-refractivity contribution in [1.29, 1.82) is 5.26 Å². The Hall–Kier alpha value is -1.97. The van der Waals surface area contributed by atoms with E-state index in [1.165, 1.54) is 0 Å². The number of methoxy groups -OCH3 is 3. The number of hydrogen-bond donors (Lipinski definition) is 1. The molecule has 6 heteroatoms.